The molecule has 0 bridgehead atoms. The molecule has 0 aliphatic heterocycles. The molecule has 1 aliphatic rings. The monoisotopic (exact) mass is 221 g/mol. The summed E-state index contributed by atoms with van der Waals surface area (Å²) in [6.07, 6.45) is 6.27. The van der Waals surface area contributed by atoms with Crippen molar-refractivity contribution in [3.8, 4) is 0 Å². The number of anilines is 1. The van der Waals surface area contributed by atoms with Crippen molar-refractivity contribution in [2.45, 2.75) is 38.2 Å². The predicted octanol–water partition coefficient (Wildman–Crippen LogP) is 2.32. The summed E-state index contributed by atoms with van der Waals surface area (Å²) < 4.78 is 5.92. The molecule has 1 saturated carbocycles. The molecule has 1 heterocycles. The Kier molecular flexibility index (Phi) is 3.39. The van der Waals surface area contributed by atoms with Gasteiger partial charge in [-0.3, -0.25) is 0 Å². The molecule has 1 aliphatic carbocycles. The number of nitrogens with one attached hydrogen (secondary N) is 1. The number of aromatic nitrogens is 2. The normalized spacial score (nSPS) is 18.6. The molecule has 0 spiro atoms. The van der Waals surface area contributed by atoms with E-state index in [1.54, 1.807) is 6.20 Å². The smallest absolute Gasteiger partial charge is 0.162 e. The summed E-state index contributed by atoms with van der Waals surface area (Å²) in [7, 11) is 1.87. The highest BCUT2D eigenvalue weighted by Gasteiger charge is 2.39. The van der Waals surface area contributed by atoms with Gasteiger partial charge in [0.05, 0.1) is 0 Å². The molecule has 1 aromatic rings. The summed E-state index contributed by atoms with van der Waals surface area (Å²) in [6, 6.07) is 1.87. The zero-order valence-electron chi connectivity index (χ0n) is 9.99. The van der Waals surface area contributed by atoms with E-state index in [0.717, 1.165) is 24.5 Å². The van der Waals surface area contributed by atoms with Crippen LogP contribution in [0, 0.1) is 0 Å². The van der Waals surface area contributed by atoms with Gasteiger partial charge in [0.2, 0.25) is 0 Å². The van der Waals surface area contributed by atoms with Crippen LogP contribution in [0.15, 0.2) is 12.3 Å². The van der Waals surface area contributed by atoms with E-state index in [1.807, 2.05) is 20.0 Å². The molecule has 0 atom stereocenters. The van der Waals surface area contributed by atoms with Crippen molar-refractivity contribution >= 4 is 5.82 Å². The minimum atomic E-state index is -0.235. The predicted molar refractivity (Wildman–Crippen MR) is 63.4 cm³/mol. The molecule has 16 heavy (non-hydrogen) atoms. The van der Waals surface area contributed by atoms with E-state index in [1.165, 1.54) is 12.8 Å². The molecule has 4 nitrogen and oxygen atoms in total. The van der Waals surface area contributed by atoms with Gasteiger partial charge in [0.1, 0.15) is 11.4 Å². The van der Waals surface area contributed by atoms with Crippen molar-refractivity contribution in [1.29, 1.82) is 0 Å². The highest BCUT2D eigenvalue weighted by atomic mass is 16.5. The van der Waals surface area contributed by atoms with Crippen molar-refractivity contribution in [1.82, 2.24) is 9.97 Å². The number of hydrogen-bond acceptors (Lipinski definition) is 4. The Morgan fingerprint density at radius 3 is 2.81 bits per heavy atom. The second-order valence-corrected chi connectivity index (χ2v) is 4.15. The summed E-state index contributed by atoms with van der Waals surface area (Å²) in [5, 5.41) is 3.04. The highest BCUT2D eigenvalue weighted by molar-refractivity contribution is 5.32. The number of nitrogens with zero attached hydrogens (tertiary/aromatic N) is 2. The molecular weight excluding hydrogens is 202 g/mol. The van der Waals surface area contributed by atoms with Crippen molar-refractivity contribution < 1.29 is 4.74 Å². The summed E-state index contributed by atoms with van der Waals surface area (Å²) in [4.78, 5) is 8.90. The number of hydrogen-bond donors (Lipinski definition) is 1. The van der Waals surface area contributed by atoms with Gasteiger partial charge < -0.3 is 10.1 Å². The van der Waals surface area contributed by atoms with Crippen LogP contribution >= 0.6 is 0 Å². The Labute approximate surface area is 96.4 Å². The average Bonchev–Trinajstić information content (AvgIpc) is 2.80. The quantitative estimate of drug-likeness (QED) is 0.847. The zero-order valence-corrected chi connectivity index (χ0v) is 9.99. The first-order valence-corrected chi connectivity index (χ1v) is 5.96. The lowest BCUT2D eigenvalue weighted by atomic mass is 10.0. The van der Waals surface area contributed by atoms with Crippen LogP contribution in [-0.4, -0.2) is 23.6 Å². The average molecular weight is 221 g/mol. The molecule has 1 fully saturated rings. The van der Waals surface area contributed by atoms with Gasteiger partial charge in [0.15, 0.2) is 5.82 Å². The van der Waals surface area contributed by atoms with E-state index < -0.39 is 0 Å². The third-order valence-electron chi connectivity index (χ3n) is 3.15. The van der Waals surface area contributed by atoms with Gasteiger partial charge in [-0.05, 0) is 38.7 Å². The summed E-state index contributed by atoms with van der Waals surface area (Å²) in [6.45, 7) is 2.75. The molecule has 0 aromatic carbocycles. The Morgan fingerprint density at radius 2 is 2.19 bits per heavy atom. The van der Waals surface area contributed by atoms with Crippen molar-refractivity contribution in [3.63, 3.8) is 0 Å². The number of ether oxygens (including phenoxy) is 1. The van der Waals surface area contributed by atoms with Crippen molar-refractivity contribution in [2.75, 3.05) is 19.0 Å². The van der Waals surface area contributed by atoms with E-state index >= 15 is 0 Å². The third kappa shape index (κ3) is 2.02. The topological polar surface area (TPSA) is 47.0 Å². The lowest BCUT2D eigenvalue weighted by Gasteiger charge is -2.27. The van der Waals surface area contributed by atoms with Crippen LogP contribution in [0.3, 0.4) is 0 Å². The lowest BCUT2D eigenvalue weighted by molar-refractivity contribution is -0.0456. The Balaban J connectivity index is 2.30. The highest BCUT2D eigenvalue weighted by Crippen LogP contribution is 2.40. The fourth-order valence-corrected chi connectivity index (χ4v) is 2.37. The second kappa shape index (κ2) is 4.78. The zero-order chi connectivity index (χ0) is 11.4. The standard InChI is InChI=1S/C12H19N3O/c1-3-16-12(7-4-5-8-12)11-14-9-6-10(13-2)15-11/h6,9H,3-5,7-8H2,1-2H3,(H,13,14,15). The molecule has 0 saturated heterocycles. The molecule has 0 amide bonds. The largest absolute Gasteiger partial charge is 0.373 e. The minimum absolute atomic E-state index is 0.235. The van der Waals surface area contributed by atoms with E-state index in [9.17, 15) is 0 Å². The maximum atomic E-state index is 5.92. The summed E-state index contributed by atoms with van der Waals surface area (Å²) in [5.74, 6) is 1.69. The van der Waals surface area contributed by atoms with Gasteiger partial charge in [-0.2, -0.15) is 0 Å². The molecule has 0 unspecified atom stereocenters. The van der Waals surface area contributed by atoms with Crippen LogP contribution in [0.5, 0.6) is 0 Å². The van der Waals surface area contributed by atoms with Gasteiger partial charge in [-0.15, -0.1) is 0 Å². The molecule has 4 heteroatoms. The van der Waals surface area contributed by atoms with Crippen LogP contribution in [0.2, 0.25) is 0 Å². The lowest BCUT2D eigenvalue weighted by Crippen LogP contribution is -2.29. The first kappa shape index (κ1) is 11.3. The second-order valence-electron chi connectivity index (χ2n) is 4.15. The van der Waals surface area contributed by atoms with Crippen LogP contribution in [0.4, 0.5) is 5.82 Å². The molecule has 2 rings (SSSR count). The van der Waals surface area contributed by atoms with Gasteiger partial charge >= 0.3 is 0 Å². The van der Waals surface area contributed by atoms with E-state index in [-0.39, 0.29) is 5.60 Å². The molecule has 1 aromatic heterocycles. The van der Waals surface area contributed by atoms with Crippen molar-refractivity contribution in [2.24, 2.45) is 0 Å². The number of rotatable bonds is 4. The van der Waals surface area contributed by atoms with Crippen LogP contribution < -0.4 is 5.32 Å². The third-order valence-corrected chi connectivity index (χ3v) is 3.15. The first-order valence-electron chi connectivity index (χ1n) is 5.96. The van der Waals surface area contributed by atoms with E-state index in [2.05, 4.69) is 15.3 Å². The first-order chi connectivity index (χ1) is 7.80. The van der Waals surface area contributed by atoms with Crippen LogP contribution in [-0.2, 0) is 10.3 Å². The Bertz CT molecular complexity index is 348. The molecule has 1 N–H and O–H groups in total. The molecule has 88 valence electrons. The fraction of sp³-hybridized carbons (Fsp3) is 0.667. The minimum Gasteiger partial charge on any atom is -0.373 e. The van der Waals surface area contributed by atoms with Gasteiger partial charge in [-0.1, -0.05) is 0 Å². The SMILES string of the molecule is CCOC1(c2nccc(NC)n2)CCCC1. The van der Waals surface area contributed by atoms with Gasteiger partial charge in [-0.25, -0.2) is 9.97 Å². The van der Waals surface area contributed by atoms with Gasteiger partial charge in [0.25, 0.3) is 0 Å². The van der Waals surface area contributed by atoms with Crippen LogP contribution in [0.25, 0.3) is 0 Å². The van der Waals surface area contributed by atoms with Crippen LogP contribution in [0.1, 0.15) is 38.4 Å². The summed E-state index contributed by atoms with van der Waals surface area (Å²) >= 11 is 0. The maximum Gasteiger partial charge on any atom is 0.162 e. The van der Waals surface area contributed by atoms with E-state index in [0.29, 0.717) is 6.61 Å². The summed E-state index contributed by atoms with van der Waals surface area (Å²) in [5.41, 5.74) is -0.235. The Hall–Kier alpha value is -1.16. The Morgan fingerprint density at radius 1 is 1.44 bits per heavy atom. The molecular formula is C12H19N3O. The fourth-order valence-electron chi connectivity index (χ4n) is 2.37. The maximum absolute atomic E-state index is 5.92. The van der Waals surface area contributed by atoms with E-state index in [4.69, 9.17) is 4.74 Å². The van der Waals surface area contributed by atoms with Crippen molar-refractivity contribution in [3.05, 3.63) is 18.1 Å². The molecule has 0 radical (unpaired) electrons. The van der Waals surface area contributed by atoms with Gasteiger partial charge in [0, 0.05) is 19.9 Å².